The van der Waals surface area contributed by atoms with Crippen molar-refractivity contribution in [1.29, 1.82) is 0 Å². The van der Waals surface area contributed by atoms with Crippen LogP contribution >= 0.6 is 11.6 Å². The second-order valence-electron chi connectivity index (χ2n) is 8.72. The second kappa shape index (κ2) is 11.0. The van der Waals surface area contributed by atoms with Crippen molar-refractivity contribution < 1.29 is 19.1 Å². The van der Waals surface area contributed by atoms with Crippen LogP contribution in [0.5, 0.6) is 0 Å². The van der Waals surface area contributed by atoms with E-state index in [2.05, 4.69) is 0 Å². The maximum atomic E-state index is 13.4. The molecule has 2 aliphatic heterocycles. The molecule has 2 aromatic carbocycles. The number of likely N-dealkylation sites (tertiary alicyclic amines) is 1. The predicted molar refractivity (Wildman–Crippen MR) is 129 cm³/mol. The van der Waals surface area contributed by atoms with Gasteiger partial charge in [0.15, 0.2) is 0 Å². The quantitative estimate of drug-likeness (QED) is 0.591. The fraction of sp³-hybridized carbons (Fsp3) is 0.423. The van der Waals surface area contributed by atoms with Crippen molar-refractivity contribution in [2.75, 3.05) is 39.8 Å². The molecule has 0 spiro atoms. The average molecular weight is 484 g/mol. The van der Waals surface area contributed by atoms with Crippen LogP contribution in [0.1, 0.15) is 30.0 Å². The fourth-order valence-electron chi connectivity index (χ4n) is 4.89. The summed E-state index contributed by atoms with van der Waals surface area (Å²) in [6.45, 7) is 2.60. The van der Waals surface area contributed by atoms with E-state index in [1.54, 1.807) is 11.0 Å². The highest BCUT2D eigenvalue weighted by atomic mass is 35.5. The molecule has 0 aromatic heterocycles. The summed E-state index contributed by atoms with van der Waals surface area (Å²) in [7, 11) is 1.37. The second-order valence-corrected chi connectivity index (χ2v) is 9.12. The maximum Gasteiger partial charge on any atom is 0.327 e. The third-order valence-electron chi connectivity index (χ3n) is 6.67. The molecule has 2 amide bonds. The van der Waals surface area contributed by atoms with E-state index in [1.165, 1.54) is 7.11 Å². The molecule has 2 aliphatic rings. The van der Waals surface area contributed by atoms with E-state index in [4.69, 9.17) is 16.3 Å². The number of carbonyl (C=O) groups is 3. The van der Waals surface area contributed by atoms with E-state index in [9.17, 15) is 14.4 Å². The van der Waals surface area contributed by atoms with Crippen LogP contribution in [0.25, 0.3) is 0 Å². The smallest absolute Gasteiger partial charge is 0.327 e. The average Bonchev–Trinajstić information content (AvgIpc) is 3.36. The Hall–Kier alpha value is -2.90. The molecular formula is C26H30ClN3O4. The number of methoxy groups -OCH3 is 1. The number of benzene rings is 2. The number of rotatable bonds is 6. The summed E-state index contributed by atoms with van der Waals surface area (Å²) in [5, 5.41) is 0.509. The number of ether oxygens (including phenoxy) is 1. The molecule has 7 nitrogen and oxygen atoms in total. The lowest BCUT2D eigenvalue weighted by Crippen LogP contribution is -2.55. The molecule has 8 heteroatoms. The number of nitrogens with zero attached hydrogens (tertiary/aromatic N) is 3. The van der Waals surface area contributed by atoms with E-state index in [-0.39, 0.29) is 17.8 Å². The van der Waals surface area contributed by atoms with Crippen molar-refractivity contribution in [3.8, 4) is 0 Å². The zero-order valence-electron chi connectivity index (χ0n) is 19.4. The van der Waals surface area contributed by atoms with Gasteiger partial charge in [0.25, 0.3) is 0 Å². The van der Waals surface area contributed by atoms with Crippen molar-refractivity contribution in [2.24, 2.45) is 0 Å². The van der Waals surface area contributed by atoms with Crippen LogP contribution < -0.4 is 0 Å². The number of carbonyl (C=O) groups excluding carboxylic acids is 3. The highest BCUT2D eigenvalue weighted by Gasteiger charge is 2.39. The Bertz CT molecular complexity index is 1020. The lowest BCUT2D eigenvalue weighted by Gasteiger charge is -2.40. The molecule has 180 valence electrons. The summed E-state index contributed by atoms with van der Waals surface area (Å²) < 4.78 is 5.06. The van der Waals surface area contributed by atoms with Crippen molar-refractivity contribution in [1.82, 2.24) is 14.7 Å². The SMILES string of the molecule is COC(=O)C(c1ccccc1Cl)N1CCN(C(=O)C2CCCN2C(=O)Cc2ccccc2)CC1. The first-order chi connectivity index (χ1) is 16.5. The van der Waals surface area contributed by atoms with Crippen LogP contribution in [0.3, 0.4) is 0 Å². The fourth-order valence-corrected chi connectivity index (χ4v) is 5.13. The minimum atomic E-state index is -0.619. The molecule has 0 saturated carbocycles. The molecule has 34 heavy (non-hydrogen) atoms. The third kappa shape index (κ3) is 5.26. The van der Waals surface area contributed by atoms with Crippen molar-refractivity contribution in [3.05, 3.63) is 70.7 Å². The summed E-state index contributed by atoms with van der Waals surface area (Å²) in [4.78, 5) is 44.5. The Labute approximate surface area is 205 Å². The number of hydrogen-bond donors (Lipinski definition) is 0. The van der Waals surface area contributed by atoms with Crippen LogP contribution in [0.15, 0.2) is 54.6 Å². The Kier molecular flexibility index (Phi) is 7.85. The largest absolute Gasteiger partial charge is 0.468 e. The number of piperazine rings is 1. The van der Waals surface area contributed by atoms with Gasteiger partial charge in [0.05, 0.1) is 13.5 Å². The normalized spacial score (nSPS) is 19.6. The summed E-state index contributed by atoms with van der Waals surface area (Å²) in [5.74, 6) is -0.391. The highest BCUT2D eigenvalue weighted by Crippen LogP contribution is 2.30. The molecule has 0 N–H and O–H groups in total. The number of esters is 1. The Morgan fingerprint density at radius 2 is 1.65 bits per heavy atom. The van der Waals surface area contributed by atoms with Gasteiger partial charge in [-0.25, -0.2) is 4.79 Å². The van der Waals surface area contributed by atoms with Crippen molar-refractivity contribution in [3.63, 3.8) is 0 Å². The highest BCUT2D eigenvalue weighted by molar-refractivity contribution is 6.31. The minimum absolute atomic E-state index is 0.00840. The Morgan fingerprint density at radius 1 is 0.971 bits per heavy atom. The summed E-state index contributed by atoms with van der Waals surface area (Å²) >= 11 is 6.37. The van der Waals surface area contributed by atoms with E-state index in [0.717, 1.165) is 12.0 Å². The molecule has 0 bridgehead atoms. The monoisotopic (exact) mass is 483 g/mol. The van der Waals surface area contributed by atoms with Gasteiger partial charge < -0.3 is 14.5 Å². The molecule has 2 atom stereocenters. The lowest BCUT2D eigenvalue weighted by molar-refractivity contribution is -0.150. The molecular weight excluding hydrogens is 454 g/mol. The molecule has 2 fully saturated rings. The summed E-state index contributed by atoms with van der Waals surface area (Å²) in [6, 6.07) is 15.8. The zero-order chi connectivity index (χ0) is 24.1. The summed E-state index contributed by atoms with van der Waals surface area (Å²) in [5.41, 5.74) is 1.65. The van der Waals surface area contributed by atoms with Crippen LogP contribution in [-0.2, 0) is 25.5 Å². The van der Waals surface area contributed by atoms with Gasteiger partial charge in [-0.1, -0.05) is 60.1 Å². The predicted octanol–water partition coefficient (Wildman–Crippen LogP) is 2.93. The van der Waals surface area contributed by atoms with Crippen LogP contribution in [-0.4, -0.2) is 78.4 Å². The zero-order valence-corrected chi connectivity index (χ0v) is 20.1. The van der Waals surface area contributed by atoms with Crippen LogP contribution in [0.2, 0.25) is 5.02 Å². The minimum Gasteiger partial charge on any atom is -0.468 e. The molecule has 0 aliphatic carbocycles. The topological polar surface area (TPSA) is 70.2 Å². The van der Waals surface area contributed by atoms with Gasteiger partial charge in [-0.05, 0) is 30.0 Å². The first kappa shape index (κ1) is 24.2. The van der Waals surface area contributed by atoms with E-state index in [0.29, 0.717) is 56.2 Å². The number of amides is 2. The molecule has 4 rings (SSSR count). The van der Waals surface area contributed by atoms with E-state index in [1.807, 2.05) is 58.3 Å². The first-order valence-electron chi connectivity index (χ1n) is 11.7. The van der Waals surface area contributed by atoms with Gasteiger partial charge >= 0.3 is 5.97 Å². The van der Waals surface area contributed by atoms with Gasteiger partial charge in [0, 0.05) is 37.7 Å². The van der Waals surface area contributed by atoms with Crippen LogP contribution in [0, 0.1) is 0 Å². The van der Waals surface area contributed by atoms with Gasteiger partial charge in [0.1, 0.15) is 12.1 Å². The van der Waals surface area contributed by atoms with E-state index < -0.39 is 12.1 Å². The summed E-state index contributed by atoms with van der Waals surface area (Å²) in [6.07, 6.45) is 1.81. The molecule has 0 radical (unpaired) electrons. The Balaban J connectivity index is 1.40. The third-order valence-corrected chi connectivity index (χ3v) is 7.02. The standard InChI is InChI=1S/C26H30ClN3O4/c1-34-26(33)24(20-10-5-6-11-21(20)27)28-14-16-29(17-15-28)25(32)22-12-7-13-30(22)23(31)18-19-8-3-2-4-9-19/h2-6,8-11,22,24H,7,12-18H2,1H3. The Morgan fingerprint density at radius 3 is 2.32 bits per heavy atom. The molecule has 2 saturated heterocycles. The lowest BCUT2D eigenvalue weighted by atomic mass is 10.0. The maximum absolute atomic E-state index is 13.4. The number of hydrogen-bond acceptors (Lipinski definition) is 5. The van der Waals surface area contributed by atoms with Gasteiger partial charge in [-0.15, -0.1) is 0 Å². The molecule has 2 heterocycles. The van der Waals surface area contributed by atoms with Gasteiger partial charge in [-0.2, -0.15) is 0 Å². The first-order valence-corrected chi connectivity index (χ1v) is 12.1. The number of halogens is 1. The van der Waals surface area contributed by atoms with Crippen molar-refractivity contribution >= 4 is 29.4 Å². The van der Waals surface area contributed by atoms with Gasteiger partial charge in [-0.3, -0.25) is 14.5 Å². The molecule has 2 aromatic rings. The van der Waals surface area contributed by atoms with Gasteiger partial charge in [0.2, 0.25) is 11.8 Å². The van der Waals surface area contributed by atoms with Crippen LogP contribution in [0.4, 0.5) is 0 Å². The molecule has 2 unspecified atom stereocenters. The van der Waals surface area contributed by atoms with E-state index >= 15 is 0 Å². The van der Waals surface area contributed by atoms with Crippen molar-refractivity contribution in [2.45, 2.75) is 31.3 Å².